The van der Waals surface area contributed by atoms with Crippen LogP contribution >= 0.6 is 46.7 Å². The molecule has 0 unspecified atom stereocenters. The van der Waals surface area contributed by atoms with Gasteiger partial charge in [0.15, 0.2) is 0 Å². The lowest BCUT2D eigenvalue weighted by Crippen LogP contribution is -2.09. The summed E-state index contributed by atoms with van der Waals surface area (Å²) in [7, 11) is 0. The van der Waals surface area contributed by atoms with Crippen LogP contribution in [0.1, 0.15) is 22.3 Å². The van der Waals surface area contributed by atoms with Crippen LogP contribution < -0.4 is 0 Å². The summed E-state index contributed by atoms with van der Waals surface area (Å²) in [5, 5.41) is 1.67. The molecule has 1 heterocycles. The zero-order valence-corrected chi connectivity index (χ0v) is 18.5. The molecule has 2 nitrogen and oxygen atoms in total. The van der Waals surface area contributed by atoms with Crippen LogP contribution in [0.4, 0.5) is 0 Å². The Labute approximate surface area is 179 Å². The second-order valence-electron chi connectivity index (χ2n) is 6.48. The van der Waals surface area contributed by atoms with Crippen molar-refractivity contribution < 1.29 is 0 Å². The van der Waals surface area contributed by atoms with Crippen LogP contribution in [-0.2, 0) is 18.1 Å². The Morgan fingerprint density at radius 2 is 1.48 bits per heavy atom. The molecule has 0 fully saturated rings. The fraction of sp³-hybridized carbons (Fsp3) is 0.286. The van der Waals surface area contributed by atoms with E-state index in [-0.39, 0.29) is 0 Å². The maximum Gasteiger partial charge on any atom is 0.0946 e. The first-order chi connectivity index (χ1) is 13.0. The summed E-state index contributed by atoms with van der Waals surface area (Å²) in [5.41, 5.74) is 4.74. The van der Waals surface area contributed by atoms with Crippen molar-refractivity contribution in [3.05, 3.63) is 87.4 Å². The van der Waals surface area contributed by atoms with Crippen molar-refractivity contribution in [2.45, 2.75) is 36.5 Å². The molecule has 0 bridgehead atoms. The third-order valence-corrected chi connectivity index (χ3v) is 7.94. The molecule has 0 aliphatic carbocycles. The highest BCUT2D eigenvalue weighted by Gasteiger charge is 2.12. The van der Waals surface area contributed by atoms with Crippen molar-refractivity contribution in [3.8, 4) is 0 Å². The van der Waals surface area contributed by atoms with Gasteiger partial charge in [-0.25, -0.2) is 4.98 Å². The van der Waals surface area contributed by atoms with E-state index < -0.39 is 0 Å². The van der Waals surface area contributed by atoms with Gasteiger partial charge in [-0.3, -0.25) is 0 Å². The number of aryl methyl sites for hydroxylation is 2. The van der Waals surface area contributed by atoms with Gasteiger partial charge < -0.3 is 4.57 Å². The van der Waals surface area contributed by atoms with Crippen molar-refractivity contribution in [3.63, 3.8) is 0 Å². The van der Waals surface area contributed by atoms with Gasteiger partial charge in [0.2, 0.25) is 0 Å². The molecule has 0 aliphatic rings. The minimum Gasteiger partial charge on any atom is -0.336 e. The Bertz CT molecular complexity index is 826. The summed E-state index contributed by atoms with van der Waals surface area (Å²) in [5.74, 6) is 1.86. The highest BCUT2D eigenvalue weighted by atomic mass is 35.5. The first kappa shape index (κ1) is 20.7. The normalized spacial score (nSPS) is 11.3. The Morgan fingerprint density at radius 1 is 0.926 bits per heavy atom. The fourth-order valence-corrected chi connectivity index (χ4v) is 5.42. The van der Waals surface area contributed by atoms with E-state index in [1.165, 1.54) is 11.1 Å². The summed E-state index contributed by atoms with van der Waals surface area (Å²) in [6, 6.07) is 12.6. The van der Waals surface area contributed by atoms with Crippen molar-refractivity contribution >= 4 is 46.7 Å². The lowest BCUT2D eigenvalue weighted by atomic mass is 10.2. The highest BCUT2D eigenvalue weighted by Crippen LogP contribution is 2.32. The van der Waals surface area contributed by atoms with E-state index in [9.17, 15) is 0 Å². The molecule has 0 saturated carbocycles. The summed E-state index contributed by atoms with van der Waals surface area (Å²) in [6.07, 6.45) is 5.71. The van der Waals surface area contributed by atoms with Gasteiger partial charge in [-0.2, -0.15) is 0 Å². The summed E-state index contributed by atoms with van der Waals surface area (Å²) >= 11 is 16.4. The standard InChI is InChI=1S/C21H22Cl2N2S2/c1-15-3-5-17(9-19(15)22)12-26-21(11-25-8-7-24-14-25)27-13-18-6-4-16(2)20(23)10-18/h3-10,14,21H,11-13H2,1-2H3. The van der Waals surface area contributed by atoms with Crippen LogP contribution in [0.2, 0.25) is 10.0 Å². The Balaban J connectivity index is 1.64. The Kier molecular flexibility index (Phi) is 7.59. The number of rotatable bonds is 8. The monoisotopic (exact) mass is 436 g/mol. The topological polar surface area (TPSA) is 17.8 Å². The van der Waals surface area contributed by atoms with Gasteiger partial charge in [-0.15, -0.1) is 23.5 Å². The second-order valence-corrected chi connectivity index (χ2v) is 9.97. The predicted molar refractivity (Wildman–Crippen MR) is 121 cm³/mol. The molecule has 0 aliphatic heterocycles. The molecule has 27 heavy (non-hydrogen) atoms. The zero-order valence-electron chi connectivity index (χ0n) is 15.4. The number of benzene rings is 2. The van der Waals surface area contributed by atoms with E-state index in [1.807, 2.05) is 56.1 Å². The second kappa shape index (κ2) is 9.92. The summed E-state index contributed by atoms with van der Waals surface area (Å²) in [4.78, 5) is 4.16. The maximum atomic E-state index is 6.27. The van der Waals surface area contributed by atoms with Gasteiger partial charge in [-0.05, 0) is 48.2 Å². The third kappa shape index (κ3) is 6.21. The molecule has 0 amide bonds. The molecule has 0 spiro atoms. The number of hydrogen-bond acceptors (Lipinski definition) is 3. The van der Waals surface area contributed by atoms with Gasteiger partial charge in [0.1, 0.15) is 0 Å². The molecule has 2 aromatic carbocycles. The molecule has 0 N–H and O–H groups in total. The smallest absolute Gasteiger partial charge is 0.0946 e. The third-order valence-electron chi connectivity index (χ3n) is 4.26. The molecule has 0 saturated heterocycles. The number of aromatic nitrogens is 2. The van der Waals surface area contributed by atoms with Crippen LogP contribution in [0, 0.1) is 13.8 Å². The average molecular weight is 437 g/mol. The van der Waals surface area contributed by atoms with Crippen molar-refractivity contribution in [1.29, 1.82) is 0 Å². The van der Waals surface area contributed by atoms with Crippen LogP contribution in [-0.4, -0.2) is 14.1 Å². The molecule has 3 aromatic rings. The fourth-order valence-electron chi connectivity index (χ4n) is 2.55. The Morgan fingerprint density at radius 3 is 1.93 bits per heavy atom. The van der Waals surface area contributed by atoms with Crippen LogP contribution in [0.25, 0.3) is 0 Å². The molecule has 0 radical (unpaired) electrons. The van der Waals surface area contributed by atoms with E-state index in [0.29, 0.717) is 4.58 Å². The van der Waals surface area contributed by atoms with E-state index >= 15 is 0 Å². The minimum atomic E-state index is 0.402. The Hall–Kier alpha value is -1.07. The predicted octanol–water partition coefficient (Wildman–Crippen LogP) is 7.00. The summed E-state index contributed by atoms with van der Waals surface area (Å²) < 4.78 is 2.54. The molecule has 3 rings (SSSR count). The molecular formula is C21H22Cl2N2S2. The lowest BCUT2D eigenvalue weighted by Gasteiger charge is -2.17. The average Bonchev–Trinajstić information content (AvgIpc) is 3.16. The molecule has 0 atom stereocenters. The van der Waals surface area contributed by atoms with Gasteiger partial charge >= 0.3 is 0 Å². The molecular weight excluding hydrogens is 415 g/mol. The minimum absolute atomic E-state index is 0.402. The highest BCUT2D eigenvalue weighted by molar-refractivity contribution is 8.16. The molecule has 142 valence electrons. The number of hydrogen-bond donors (Lipinski definition) is 0. The number of halogens is 2. The van der Waals surface area contributed by atoms with Crippen molar-refractivity contribution in [1.82, 2.24) is 9.55 Å². The molecule has 6 heteroatoms. The van der Waals surface area contributed by atoms with Crippen molar-refractivity contribution in [2.75, 3.05) is 0 Å². The van der Waals surface area contributed by atoms with Crippen LogP contribution in [0.3, 0.4) is 0 Å². The van der Waals surface area contributed by atoms with Gasteiger partial charge in [0, 0.05) is 40.5 Å². The number of nitrogens with zero attached hydrogens (tertiary/aromatic N) is 2. The van der Waals surface area contributed by atoms with Crippen LogP contribution in [0.15, 0.2) is 55.1 Å². The van der Waals surface area contributed by atoms with E-state index in [4.69, 9.17) is 23.2 Å². The zero-order chi connectivity index (χ0) is 19.2. The van der Waals surface area contributed by atoms with Crippen LogP contribution in [0.5, 0.6) is 0 Å². The van der Waals surface area contributed by atoms with Gasteiger partial charge in [0.05, 0.1) is 10.9 Å². The van der Waals surface area contributed by atoms with E-state index in [0.717, 1.165) is 39.2 Å². The van der Waals surface area contributed by atoms with Gasteiger partial charge in [0.25, 0.3) is 0 Å². The molecule has 1 aromatic heterocycles. The first-order valence-corrected chi connectivity index (χ1v) is 11.6. The quantitative estimate of drug-likeness (QED) is 0.354. The largest absolute Gasteiger partial charge is 0.336 e. The lowest BCUT2D eigenvalue weighted by molar-refractivity contribution is 0.750. The number of imidazole rings is 1. The SMILES string of the molecule is Cc1ccc(CSC(Cn2ccnc2)SCc2ccc(C)c(Cl)c2)cc1Cl. The first-order valence-electron chi connectivity index (χ1n) is 8.70. The van der Waals surface area contributed by atoms with E-state index in [2.05, 4.69) is 45.9 Å². The van der Waals surface area contributed by atoms with Crippen molar-refractivity contribution in [2.24, 2.45) is 0 Å². The summed E-state index contributed by atoms with van der Waals surface area (Å²) in [6.45, 7) is 4.97. The maximum absolute atomic E-state index is 6.27. The van der Waals surface area contributed by atoms with E-state index in [1.54, 1.807) is 0 Å². The number of thioether (sulfide) groups is 2. The van der Waals surface area contributed by atoms with Gasteiger partial charge in [-0.1, -0.05) is 47.5 Å².